The molecule has 0 aliphatic rings. The molecular weight excluding hydrogens is 310 g/mol. The Hall–Kier alpha value is -0.420. The fourth-order valence-electron chi connectivity index (χ4n) is 1.30. The van der Waals surface area contributed by atoms with E-state index < -0.39 is 6.10 Å². The van der Waals surface area contributed by atoms with Crippen LogP contribution >= 0.6 is 38.9 Å². The number of aryl methyl sites for hydroxylation is 1. The second-order valence-corrected chi connectivity index (χ2v) is 5.95. The van der Waals surface area contributed by atoms with Crippen molar-refractivity contribution in [3.05, 3.63) is 49.3 Å². The fourth-order valence-corrected chi connectivity index (χ4v) is 3.05. The average Bonchev–Trinajstić information content (AvgIpc) is 2.59. The van der Waals surface area contributed by atoms with E-state index in [4.69, 9.17) is 11.6 Å². The number of aliphatic hydroxyl groups excluding tert-OH is 1. The summed E-state index contributed by atoms with van der Waals surface area (Å²) in [6, 6.07) is 5.58. The van der Waals surface area contributed by atoms with Gasteiger partial charge < -0.3 is 5.11 Å². The van der Waals surface area contributed by atoms with Gasteiger partial charge in [-0.05, 0) is 35.0 Å². The van der Waals surface area contributed by atoms with Crippen LogP contribution in [0.3, 0.4) is 0 Å². The van der Waals surface area contributed by atoms with E-state index in [2.05, 4.69) is 20.9 Å². The first-order chi connectivity index (χ1) is 7.58. The van der Waals surface area contributed by atoms with Crippen molar-refractivity contribution < 1.29 is 5.11 Å². The van der Waals surface area contributed by atoms with Gasteiger partial charge in [-0.2, -0.15) is 0 Å². The van der Waals surface area contributed by atoms with E-state index in [-0.39, 0.29) is 0 Å². The Labute approximate surface area is 111 Å². The number of halogens is 2. The zero-order valence-electron chi connectivity index (χ0n) is 8.45. The van der Waals surface area contributed by atoms with E-state index in [1.165, 1.54) is 11.3 Å². The number of hydrogen-bond donors (Lipinski definition) is 1. The van der Waals surface area contributed by atoms with Crippen LogP contribution in [0.5, 0.6) is 0 Å². The minimum absolute atomic E-state index is 0.647. The number of hydrogen-bond acceptors (Lipinski definition) is 3. The van der Waals surface area contributed by atoms with Crippen molar-refractivity contribution in [2.45, 2.75) is 13.0 Å². The van der Waals surface area contributed by atoms with Crippen LogP contribution in [-0.4, -0.2) is 10.1 Å². The normalized spacial score (nSPS) is 12.8. The SMILES string of the molecule is Cc1ccc(C(O)c2cc(Br)c(Cl)s2)cn1. The largest absolute Gasteiger partial charge is 0.383 e. The molecule has 0 spiro atoms. The number of aliphatic hydroxyl groups is 1. The van der Waals surface area contributed by atoms with Gasteiger partial charge in [0.25, 0.3) is 0 Å². The van der Waals surface area contributed by atoms with Crippen molar-refractivity contribution in [1.29, 1.82) is 0 Å². The van der Waals surface area contributed by atoms with Crippen molar-refractivity contribution in [3.63, 3.8) is 0 Å². The zero-order valence-corrected chi connectivity index (χ0v) is 11.6. The summed E-state index contributed by atoms with van der Waals surface area (Å²) in [5.41, 5.74) is 1.71. The topological polar surface area (TPSA) is 33.1 Å². The predicted octanol–water partition coefficient (Wildman–Crippen LogP) is 3.95. The molecule has 0 radical (unpaired) electrons. The van der Waals surface area contributed by atoms with Crippen molar-refractivity contribution in [1.82, 2.24) is 4.98 Å². The maximum absolute atomic E-state index is 10.1. The Morgan fingerprint density at radius 3 is 2.75 bits per heavy atom. The van der Waals surface area contributed by atoms with E-state index in [0.717, 1.165) is 20.6 Å². The number of thiophene rings is 1. The molecule has 0 saturated heterocycles. The standard InChI is InChI=1S/C11H9BrClNOS/c1-6-2-3-7(5-14-6)10(15)9-4-8(12)11(13)16-9/h2-5,10,15H,1H3. The van der Waals surface area contributed by atoms with E-state index >= 15 is 0 Å². The van der Waals surface area contributed by atoms with Crippen LogP contribution in [0.4, 0.5) is 0 Å². The maximum Gasteiger partial charge on any atom is 0.115 e. The summed E-state index contributed by atoms with van der Waals surface area (Å²) in [4.78, 5) is 4.96. The highest BCUT2D eigenvalue weighted by Gasteiger charge is 2.15. The van der Waals surface area contributed by atoms with Gasteiger partial charge in [0.15, 0.2) is 0 Å². The van der Waals surface area contributed by atoms with Crippen LogP contribution in [0.25, 0.3) is 0 Å². The lowest BCUT2D eigenvalue weighted by atomic mass is 10.1. The molecule has 0 aliphatic heterocycles. The minimum Gasteiger partial charge on any atom is -0.383 e. The first kappa shape index (κ1) is 12.0. The van der Waals surface area contributed by atoms with Crippen molar-refractivity contribution >= 4 is 38.9 Å². The molecule has 2 heterocycles. The lowest BCUT2D eigenvalue weighted by Crippen LogP contribution is -1.97. The molecule has 2 rings (SSSR count). The molecule has 1 N–H and O–H groups in total. The summed E-state index contributed by atoms with van der Waals surface area (Å²) in [5.74, 6) is 0. The van der Waals surface area contributed by atoms with Crippen molar-refractivity contribution in [2.75, 3.05) is 0 Å². The van der Waals surface area contributed by atoms with E-state index in [1.54, 1.807) is 6.20 Å². The van der Waals surface area contributed by atoms with Crippen LogP contribution < -0.4 is 0 Å². The number of nitrogens with zero attached hydrogens (tertiary/aromatic N) is 1. The monoisotopic (exact) mass is 317 g/mol. The number of pyridine rings is 1. The van der Waals surface area contributed by atoms with Crippen LogP contribution in [0, 0.1) is 6.92 Å². The Kier molecular flexibility index (Phi) is 3.64. The summed E-state index contributed by atoms with van der Waals surface area (Å²) in [6.45, 7) is 1.91. The van der Waals surface area contributed by atoms with E-state index in [1.807, 2.05) is 25.1 Å². The van der Waals surface area contributed by atoms with Gasteiger partial charge in [-0.15, -0.1) is 11.3 Å². The molecule has 5 heteroatoms. The summed E-state index contributed by atoms with van der Waals surface area (Å²) < 4.78 is 1.46. The predicted molar refractivity (Wildman–Crippen MR) is 70.1 cm³/mol. The summed E-state index contributed by atoms with van der Waals surface area (Å²) in [6.07, 6.45) is 1.02. The minimum atomic E-state index is -0.665. The van der Waals surface area contributed by atoms with Crippen LogP contribution in [0.2, 0.25) is 4.34 Å². The Bertz CT molecular complexity index is 478. The molecule has 0 fully saturated rings. The van der Waals surface area contributed by atoms with Gasteiger partial charge in [-0.25, -0.2) is 0 Å². The summed E-state index contributed by atoms with van der Waals surface area (Å²) in [7, 11) is 0. The van der Waals surface area contributed by atoms with Gasteiger partial charge >= 0.3 is 0 Å². The van der Waals surface area contributed by atoms with Crippen LogP contribution in [0.15, 0.2) is 28.9 Å². The quantitative estimate of drug-likeness (QED) is 0.909. The van der Waals surface area contributed by atoms with Gasteiger partial charge in [0.1, 0.15) is 10.4 Å². The van der Waals surface area contributed by atoms with Gasteiger partial charge in [0, 0.05) is 26.8 Å². The molecule has 2 aromatic rings. The second-order valence-electron chi connectivity index (χ2n) is 3.41. The average molecular weight is 319 g/mol. The molecule has 1 unspecified atom stereocenters. The lowest BCUT2D eigenvalue weighted by Gasteiger charge is -2.07. The molecule has 0 aromatic carbocycles. The van der Waals surface area contributed by atoms with Crippen LogP contribution in [0.1, 0.15) is 22.2 Å². The third-order valence-electron chi connectivity index (χ3n) is 2.18. The maximum atomic E-state index is 10.1. The Morgan fingerprint density at radius 2 is 2.25 bits per heavy atom. The number of rotatable bonds is 2. The fraction of sp³-hybridized carbons (Fsp3) is 0.182. The van der Waals surface area contributed by atoms with Gasteiger partial charge in [-0.3, -0.25) is 4.98 Å². The highest BCUT2D eigenvalue weighted by molar-refractivity contribution is 9.10. The summed E-state index contributed by atoms with van der Waals surface area (Å²) >= 11 is 10.6. The number of aromatic nitrogens is 1. The Morgan fingerprint density at radius 1 is 1.50 bits per heavy atom. The molecule has 0 aliphatic carbocycles. The first-order valence-electron chi connectivity index (χ1n) is 4.63. The highest BCUT2D eigenvalue weighted by atomic mass is 79.9. The summed E-state index contributed by atoms with van der Waals surface area (Å²) in [5, 5.41) is 10.1. The third kappa shape index (κ3) is 2.46. The van der Waals surface area contributed by atoms with Gasteiger partial charge in [0.05, 0.1) is 0 Å². The molecular formula is C11H9BrClNOS. The third-order valence-corrected chi connectivity index (χ3v) is 4.71. The molecule has 1 atom stereocenters. The molecule has 0 bridgehead atoms. The molecule has 0 amide bonds. The Balaban J connectivity index is 2.31. The van der Waals surface area contributed by atoms with Crippen molar-refractivity contribution in [2.24, 2.45) is 0 Å². The lowest BCUT2D eigenvalue weighted by molar-refractivity contribution is 0.223. The van der Waals surface area contributed by atoms with E-state index in [0.29, 0.717) is 4.34 Å². The van der Waals surface area contributed by atoms with Gasteiger partial charge in [-0.1, -0.05) is 17.7 Å². The molecule has 84 valence electrons. The molecule has 0 saturated carbocycles. The highest BCUT2D eigenvalue weighted by Crippen LogP contribution is 2.37. The van der Waals surface area contributed by atoms with Crippen LogP contribution in [-0.2, 0) is 0 Å². The molecule has 2 aromatic heterocycles. The smallest absolute Gasteiger partial charge is 0.115 e. The molecule has 2 nitrogen and oxygen atoms in total. The second kappa shape index (κ2) is 4.84. The zero-order chi connectivity index (χ0) is 11.7. The van der Waals surface area contributed by atoms with E-state index in [9.17, 15) is 5.11 Å². The van der Waals surface area contributed by atoms with Crippen molar-refractivity contribution in [3.8, 4) is 0 Å². The first-order valence-corrected chi connectivity index (χ1v) is 6.62. The van der Waals surface area contributed by atoms with Gasteiger partial charge in [0.2, 0.25) is 0 Å². The molecule has 16 heavy (non-hydrogen) atoms.